The summed E-state index contributed by atoms with van der Waals surface area (Å²) >= 11 is 0. The van der Waals surface area contributed by atoms with E-state index in [0.29, 0.717) is 37.4 Å². The molecule has 0 radical (unpaired) electrons. The Kier molecular flexibility index (Phi) is 8.76. The van der Waals surface area contributed by atoms with Crippen LogP contribution in [0.15, 0.2) is 59.8 Å². The van der Waals surface area contributed by atoms with Gasteiger partial charge in [0.15, 0.2) is 0 Å². The first-order valence-corrected chi connectivity index (χ1v) is 10.9. The molecule has 0 atom stereocenters. The van der Waals surface area contributed by atoms with Crippen molar-refractivity contribution in [1.82, 2.24) is 0 Å². The monoisotopic (exact) mass is 425 g/mol. The zero-order chi connectivity index (χ0) is 21.9. The van der Waals surface area contributed by atoms with Gasteiger partial charge in [0.05, 0.1) is 13.2 Å². The maximum atomic E-state index is 10.7. The number of hydrogen-bond acceptors (Lipinski definition) is 5. The van der Waals surface area contributed by atoms with E-state index in [0.717, 1.165) is 42.6 Å². The molecule has 0 amide bonds. The minimum Gasteiger partial charge on any atom is -0.493 e. The largest absolute Gasteiger partial charge is 0.493 e. The molecule has 0 spiro atoms. The molecule has 0 unspecified atom stereocenters. The molecule has 2 aromatic rings. The van der Waals surface area contributed by atoms with Gasteiger partial charge in [-0.2, -0.15) is 0 Å². The summed E-state index contributed by atoms with van der Waals surface area (Å²) in [7, 11) is 1.53. The molecule has 1 N–H and O–H groups in total. The second kappa shape index (κ2) is 12.0. The van der Waals surface area contributed by atoms with E-state index in [4.69, 9.17) is 19.4 Å². The van der Waals surface area contributed by atoms with E-state index in [1.54, 1.807) is 0 Å². The average Bonchev–Trinajstić information content (AvgIpc) is 2.81. The summed E-state index contributed by atoms with van der Waals surface area (Å²) in [6.45, 7) is 1.35. The Bertz CT molecular complexity index is 827. The number of aliphatic carboxylic acids is 1. The molecule has 1 saturated carbocycles. The first-order valence-electron chi connectivity index (χ1n) is 10.9. The number of oxime groups is 1. The number of carboxylic acid groups (broad SMARTS) is 1. The topological polar surface area (TPSA) is 77.3 Å². The van der Waals surface area contributed by atoms with Gasteiger partial charge in [-0.1, -0.05) is 30.3 Å². The van der Waals surface area contributed by atoms with Crippen LogP contribution in [0.2, 0.25) is 0 Å². The summed E-state index contributed by atoms with van der Waals surface area (Å²) in [4.78, 5) is 15.6. The molecule has 166 valence electrons. The van der Waals surface area contributed by atoms with Crippen LogP contribution in [0.1, 0.15) is 43.2 Å². The van der Waals surface area contributed by atoms with Crippen LogP contribution in [-0.2, 0) is 20.8 Å². The lowest BCUT2D eigenvalue weighted by Crippen LogP contribution is -2.24. The van der Waals surface area contributed by atoms with Crippen molar-refractivity contribution in [3.63, 3.8) is 0 Å². The molecular weight excluding hydrogens is 394 g/mol. The molecule has 6 nitrogen and oxygen atoms in total. The molecule has 2 aromatic carbocycles. The maximum absolute atomic E-state index is 10.7. The predicted octanol–water partition coefficient (Wildman–Crippen LogP) is 4.91. The van der Waals surface area contributed by atoms with E-state index >= 15 is 0 Å². The summed E-state index contributed by atoms with van der Waals surface area (Å²) in [6.07, 6.45) is 5.15. The van der Waals surface area contributed by atoms with Crippen LogP contribution < -0.4 is 4.74 Å². The molecule has 1 fully saturated rings. The predicted molar refractivity (Wildman–Crippen MR) is 119 cm³/mol. The second-order valence-electron chi connectivity index (χ2n) is 7.99. The Hall–Kier alpha value is -3.02. The van der Waals surface area contributed by atoms with Crippen molar-refractivity contribution in [2.24, 2.45) is 17.0 Å². The molecule has 3 rings (SSSR count). The minimum atomic E-state index is -0.774. The smallest absolute Gasteiger partial charge is 0.303 e. The highest BCUT2D eigenvalue weighted by molar-refractivity contribution is 5.93. The van der Waals surface area contributed by atoms with E-state index in [1.807, 2.05) is 54.6 Å². The summed E-state index contributed by atoms with van der Waals surface area (Å²) in [6, 6.07) is 17.5. The first kappa shape index (κ1) is 22.7. The van der Waals surface area contributed by atoms with Crippen LogP contribution in [0.4, 0.5) is 0 Å². The van der Waals surface area contributed by atoms with Gasteiger partial charge in [0.1, 0.15) is 12.9 Å². The van der Waals surface area contributed by atoms with Crippen LogP contribution >= 0.6 is 0 Å². The van der Waals surface area contributed by atoms with Gasteiger partial charge in [0.2, 0.25) is 0 Å². The maximum Gasteiger partial charge on any atom is 0.303 e. The lowest BCUT2D eigenvalue weighted by atomic mass is 9.83. The number of aryl methyl sites for hydroxylation is 1. The van der Waals surface area contributed by atoms with E-state index in [9.17, 15) is 4.79 Å². The molecule has 0 aromatic heterocycles. The normalized spacial score (nSPS) is 18.9. The van der Waals surface area contributed by atoms with Crippen molar-refractivity contribution in [1.29, 1.82) is 0 Å². The summed E-state index contributed by atoms with van der Waals surface area (Å²) < 4.78 is 11.9. The third-order valence-corrected chi connectivity index (χ3v) is 5.65. The number of hydrogen-bond donors (Lipinski definition) is 1. The van der Waals surface area contributed by atoms with Crippen molar-refractivity contribution in [2.45, 2.75) is 38.5 Å². The van der Waals surface area contributed by atoms with Crippen molar-refractivity contribution in [2.75, 3.05) is 20.3 Å². The molecule has 1 aliphatic rings. The van der Waals surface area contributed by atoms with E-state index in [2.05, 4.69) is 5.16 Å². The average molecular weight is 426 g/mol. The van der Waals surface area contributed by atoms with Crippen molar-refractivity contribution in [3.8, 4) is 5.75 Å². The van der Waals surface area contributed by atoms with Crippen LogP contribution in [0.3, 0.4) is 0 Å². The number of ether oxygens (including phenoxy) is 2. The van der Waals surface area contributed by atoms with Crippen LogP contribution in [0.25, 0.3) is 0 Å². The summed E-state index contributed by atoms with van der Waals surface area (Å²) in [5.74, 6) is 1.65. The highest BCUT2D eigenvalue weighted by Gasteiger charge is 2.23. The van der Waals surface area contributed by atoms with Crippen molar-refractivity contribution >= 4 is 11.9 Å². The van der Waals surface area contributed by atoms with Crippen LogP contribution in [0, 0.1) is 11.8 Å². The van der Waals surface area contributed by atoms with Crippen molar-refractivity contribution < 1.29 is 24.2 Å². The van der Waals surface area contributed by atoms with Gasteiger partial charge in [0.25, 0.3) is 5.90 Å². The number of nitrogens with zero attached hydrogens (tertiary/aromatic N) is 1. The Labute approximate surface area is 183 Å². The van der Waals surface area contributed by atoms with Gasteiger partial charge in [-0.25, -0.2) is 0 Å². The fourth-order valence-corrected chi connectivity index (χ4v) is 3.81. The number of benzene rings is 2. The fraction of sp³-hybridized carbons (Fsp3) is 0.440. The number of carboxylic acids is 1. The zero-order valence-electron chi connectivity index (χ0n) is 18.0. The molecule has 0 saturated heterocycles. The van der Waals surface area contributed by atoms with Gasteiger partial charge < -0.3 is 19.4 Å². The Morgan fingerprint density at radius 3 is 2.23 bits per heavy atom. The lowest BCUT2D eigenvalue weighted by molar-refractivity contribution is -0.136. The quantitative estimate of drug-likeness (QED) is 0.332. The number of rotatable bonds is 10. The second-order valence-corrected chi connectivity index (χ2v) is 7.99. The number of carbonyl (C=O) groups is 1. The SMILES string of the molecule is CON=C(OCC1CCC(COc2ccc(CCC(=O)O)cc2)CC1)c1ccccc1. The van der Waals surface area contributed by atoms with Gasteiger partial charge in [0, 0.05) is 12.0 Å². The molecule has 0 bridgehead atoms. The molecule has 6 heteroatoms. The Morgan fingerprint density at radius 1 is 0.968 bits per heavy atom. The van der Waals surface area contributed by atoms with Crippen molar-refractivity contribution in [3.05, 3.63) is 65.7 Å². The molecule has 1 aliphatic carbocycles. The minimum absolute atomic E-state index is 0.150. The van der Waals surface area contributed by atoms with Gasteiger partial charge in [-0.15, -0.1) is 0 Å². The molecule has 31 heavy (non-hydrogen) atoms. The highest BCUT2D eigenvalue weighted by Crippen LogP contribution is 2.30. The van der Waals surface area contributed by atoms with E-state index in [1.165, 1.54) is 7.11 Å². The van der Waals surface area contributed by atoms with E-state index in [-0.39, 0.29) is 6.42 Å². The van der Waals surface area contributed by atoms with Gasteiger partial charge >= 0.3 is 5.97 Å². The van der Waals surface area contributed by atoms with Gasteiger partial charge in [-0.3, -0.25) is 4.79 Å². The van der Waals surface area contributed by atoms with Gasteiger partial charge in [-0.05, 0) is 78.9 Å². The van der Waals surface area contributed by atoms with Crippen LogP contribution in [-0.4, -0.2) is 37.3 Å². The molecular formula is C25H31NO5. The van der Waals surface area contributed by atoms with Crippen LogP contribution in [0.5, 0.6) is 5.75 Å². The molecule has 0 heterocycles. The summed E-state index contributed by atoms with van der Waals surface area (Å²) in [5.41, 5.74) is 1.93. The fourth-order valence-electron chi connectivity index (χ4n) is 3.81. The third-order valence-electron chi connectivity index (χ3n) is 5.65. The lowest BCUT2D eigenvalue weighted by Gasteiger charge is -2.28. The Balaban J connectivity index is 1.37. The summed E-state index contributed by atoms with van der Waals surface area (Å²) in [5, 5.41) is 12.8. The Morgan fingerprint density at radius 2 is 1.61 bits per heavy atom. The molecule has 0 aliphatic heterocycles. The highest BCUT2D eigenvalue weighted by atomic mass is 16.6. The third kappa shape index (κ3) is 7.63. The van der Waals surface area contributed by atoms with E-state index < -0.39 is 5.97 Å². The standard InChI is InChI=1S/C25H31NO5/c1-29-26-25(22-5-3-2-4-6-22)31-18-21-9-7-20(8-10-21)17-30-23-14-11-19(12-15-23)13-16-24(27)28/h2-6,11-12,14-15,20-21H,7-10,13,16-18H2,1H3,(H,27,28). The zero-order valence-corrected chi connectivity index (χ0v) is 18.0. The first-order chi connectivity index (χ1) is 15.1.